The minimum atomic E-state index is -0.861. The Morgan fingerprint density at radius 3 is 2.63 bits per heavy atom. The fourth-order valence-electron chi connectivity index (χ4n) is 1.40. The summed E-state index contributed by atoms with van der Waals surface area (Å²) in [7, 11) is 0. The van der Waals surface area contributed by atoms with Crippen LogP contribution in [0.2, 0.25) is 0 Å². The van der Waals surface area contributed by atoms with Crippen LogP contribution in [-0.4, -0.2) is 15.9 Å². The van der Waals surface area contributed by atoms with Gasteiger partial charge in [-0.25, -0.2) is 18.7 Å². The van der Waals surface area contributed by atoms with Crippen LogP contribution in [0.3, 0.4) is 0 Å². The number of amides is 1. The van der Waals surface area contributed by atoms with E-state index in [1.165, 1.54) is 19.2 Å². The molecule has 0 radical (unpaired) electrons. The van der Waals surface area contributed by atoms with Crippen LogP contribution in [-0.2, 0) is 0 Å². The van der Waals surface area contributed by atoms with Gasteiger partial charge in [-0.15, -0.1) is 0 Å². The molecule has 0 fully saturated rings. The Bertz CT molecular complexity index is 628. The molecule has 1 aromatic carbocycles. The molecule has 0 saturated carbocycles. The first-order chi connectivity index (χ1) is 8.99. The third-order valence-electron chi connectivity index (χ3n) is 2.43. The molecule has 2 rings (SSSR count). The fraction of sp³-hybridized carbons (Fsp3) is 0.0833. The second-order valence-electron chi connectivity index (χ2n) is 3.83. The first kappa shape index (κ1) is 12.9. The SMILES string of the molecule is Cc1ccc(F)c(NC(=O)c2cnc(N)cn2)c1F. The lowest BCUT2D eigenvalue weighted by molar-refractivity contribution is 0.102. The van der Waals surface area contributed by atoms with Crippen LogP contribution in [0.1, 0.15) is 16.1 Å². The van der Waals surface area contributed by atoms with E-state index in [1.54, 1.807) is 0 Å². The number of nitrogens with two attached hydrogens (primary N) is 1. The summed E-state index contributed by atoms with van der Waals surface area (Å²) in [5, 5.41) is 2.12. The lowest BCUT2D eigenvalue weighted by Gasteiger charge is -2.08. The summed E-state index contributed by atoms with van der Waals surface area (Å²) in [6, 6.07) is 2.35. The third-order valence-corrected chi connectivity index (χ3v) is 2.43. The summed E-state index contributed by atoms with van der Waals surface area (Å²) in [5.74, 6) is -2.31. The fourth-order valence-corrected chi connectivity index (χ4v) is 1.40. The summed E-state index contributed by atoms with van der Waals surface area (Å²) < 4.78 is 27.2. The standard InChI is InChI=1S/C12H10F2N4O/c1-6-2-3-7(13)11(10(6)14)18-12(19)8-4-17-9(15)5-16-8/h2-5H,1H3,(H2,15,17)(H,18,19). The van der Waals surface area contributed by atoms with Crippen molar-refractivity contribution in [1.29, 1.82) is 0 Å². The van der Waals surface area contributed by atoms with Crippen molar-refractivity contribution in [3.05, 3.63) is 47.4 Å². The molecule has 19 heavy (non-hydrogen) atoms. The highest BCUT2D eigenvalue weighted by molar-refractivity contribution is 6.02. The van der Waals surface area contributed by atoms with Gasteiger partial charge in [0.1, 0.15) is 23.0 Å². The molecular formula is C12H10F2N4O. The zero-order chi connectivity index (χ0) is 14.0. The predicted octanol–water partition coefficient (Wildman–Crippen LogP) is 1.90. The monoisotopic (exact) mass is 264 g/mol. The van der Waals surface area contributed by atoms with Crippen LogP contribution in [0.15, 0.2) is 24.5 Å². The first-order valence-electron chi connectivity index (χ1n) is 5.32. The Morgan fingerprint density at radius 2 is 2.00 bits per heavy atom. The van der Waals surface area contributed by atoms with Crippen LogP contribution in [0, 0.1) is 18.6 Å². The number of benzene rings is 1. The molecule has 2 aromatic rings. The maximum atomic E-state index is 13.7. The van der Waals surface area contributed by atoms with E-state index in [0.717, 1.165) is 12.3 Å². The molecule has 0 aliphatic rings. The molecule has 98 valence electrons. The van der Waals surface area contributed by atoms with Crippen molar-refractivity contribution < 1.29 is 13.6 Å². The summed E-state index contributed by atoms with van der Waals surface area (Å²) in [4.78, 5) is 19.1. The van der Waals surface area contributed by atoms with Gasteiger partial charge in [-0.3, -0.25) is 4.79 Å². The smallest absolute Gasteiger partial charge is 0.276 e. The molecule has 0 spiro atoms. The highest BCUT2D eigenvalue weighted by Crippen LogP contribution is 2.22. The minimum absolute atomic E-state index is 0.0884. The van der Waals surface area contributed by atoms with Gasteiger partial charge in [0, 0.05) is 0 Å². The number of hydrogen-bond donors (Lipinski definition) is 2. The van der Waals surface area contributed by atoms with Gasteiger partial charge in [0.05, 0.1) is 12.4 Å². The van der Waals surface area contributed by atoms with Crippen molar-refractivity contribution in [1.82, 2.24) is 9.97 Å². The highest BCUT2D eigenvalue weighted by Gasteiger charge is 2.16. The Kier molecular flexibility index (Phi) is 3.37. The van der Waals surface area contributed by atoms with E-state index in [1.807, 2.05) is 0 Å². The van der Waals surface area contributed by atoms with E-state index in [-0.39, 0.29) is 17.1 Å². The first-order valence-corrected chi connectivity index (χ1v) is 5.32. The quantitative estimate of drug-likeness (QED) is 0.868. The number of anilines is 2. The van der Waals surface area contributed by atoms with Crippen molar-refractivity contribution in [2.24, 2.45) is 0 Å². The molecule has 3 N–H and O–H groups in total. The van der Waals surface area contributed by atoms with Gasteiger partial charge < -0.3 is 11.1 Å². The molecule has 0 saturated heterocycles. The Hall–Kier alpha value is -2.57. The van der Waals surface area contributed by atoms with Gasteiger partial charge in [-0.05, 0) is 18.6 Å². The molecule has 1 amide bonds. The van der Waals surface area contributed by atoms with Crippen molar-refractivity contribution in [2.75, 3.05) is 11.1 Å². The van der Waals surface area contributed by atoms with Crippen molar-refractivity contribution in [3.8, 4) is 0 Å². The Labute approximate surface area is 107 Å². The normalized spacial score (nSPS) is 10.3. The molecule has 0 aliphatic carbocycles. The predicted molar refractivity (Wildman–Crippen MR) is 65.5 cm³/mol. The zero-order valence-corrected chi connectivity index (χ0v) is 9.95. The zero-order valence-electron chi connectivity index (χ0n) is 9.95. The summed E-state index contributed by atoms with van der Waals surface area (Å²) >= 11 is 0. The van der Waals surface area contributed by atoms with E-state index in [2.05, 4.69) is 15.3 Å². The Balaban J connectivity index is 2.29. The molecule has 0 atom stereocenters. The molecule has 5 nitrogen and oxygen atoms in total. The topological polar surface area (TPSA) is 80.9 Å². The van der Waals surface area contributed by atoms with E-state index in [9.17, 15) is 13.6 Å². The molecular weight excluding hydrogens is 254 g/mol. The second-order valence-corrected chi connectivity index (χ2v) is 3.83. The molecule has 1 heterocycles. The minimum Gasteiger partial charge on any atom is -0.382 e. The average Bonchev–Trinajstić information content (AvgIpc) is 2.40. The number of carbonyl (C=O) groups is 1. The maximum Gasteiger partial charge on any atom is 0.276 e. The van der Waals surface area contributed by atoms with Gasteiger partial charge in [0.15, 0.2) is 5.82 Å². The number of carbonyl (C=O) groups excluding carboxylic acids is 1. The van der Waals surface area contributed by atoms with Gasteiger partial charge in [0.2, 0.25) is 0 Å². The summed E-state index contributed by atoms with van der Waals surface area (Å²) in [6.45, 7) is 1.47. The average molecular weight is 264 g/mol. The third kappa shape index (κ3) is 2.65. The van der Waals surface area contributed by atoms with Gasteiger partial charge in [-0.2, -0.15) is 0 Å². The number of nitrogens with zero attached hydrogens (tertiary/aromatic N) is 2. The van der Waals surface area contributed by atoms with Crippen molar-refractivity contribution in [2.45, 2.75) is 6.92 Å². The van der Waals surface area contributed by atoms with Crippen LogP contribution in [0.5, 0.6) is 0 Å². The molecule has 0 unspecified atom stereocenters. The van der Waals surface area contributed by atoms with Crippen LogP contribution < -0.4 is 11.1 Å². The molecule has 7 heteroatoms. The Morgan fingerprint density at radius 1 is 1.26 bits per heavy atom. The van der Waals surface area contributed by atoms with E-state index in [0.29, 0.717) is 0 Å². The largest absolute Gasteiger partial charge is 0.382 e. The van der Waals surface area contributed by atoms with Crippen LogP contribution in [0.25, 0.3) is 0 Å². The number of nitrogens with one attached hydrogen (secondary N) is 1. The van der Waals surface area contributed by atoms with Crippen LogP contribution >= 0.6 is 0 Å². The lowest BCUT2D eigenvalue weighted by atomic mass is 10.2. The van der Waals surface area contributed by atoms with E-state index >= 15 is 0 Å². The van der Waals surface area contributed by atoms with Crippen LogP contribution in [0.4, 0.5) is 20.3 Å². The summed E-state index contributed by atoms with van der Waals surface area (Å²) in [5.41, 5.74) is 4.95. The lowest BCUT2D eigenvalue weighted by Crippen LogP contribution is -2.16. The maximum absolute atomic E-state index is 13.7. The number of aromatic nitrogens is 2. The van der Waals surface area contributed by atoms with Crippen molar-refractivity contribution in [3.63, 3.8) is 0 Å². The van der Waals surface area contributed by atoms with E-state index < -0.39 is 23.2 Å². The molecule has 0 bridgehead atoms. The number of rotatable bonds is 2. The number of nitrogen functional groups attached to an aromatic ring is 1. The number of halogens is 2. The second kappa shape index (κ2) is 4.97. The van der Waals surface area contributed by atoms with Gasteiger partial charge in [0.25, 0.3) is 5.91 Å². The highest BCUT2D eigenvalue weighted by atomic mass is 19.1. The number of aryl methyl sites for hydroxylation is 1. The molecule has 1 aromatic heterocycles. The van der Waals surface area contributed by atoms with Gasteiger partial charge in [-0.1, -0.05) is 6.07 Å². The van der Waals surface area contributed by atoms with E-state index in [4.69, 9.17) is 5.73 Å². The number of hydrogen-bond acceptors (Lipinski definition) is 4. The summed E-state index contributed by atoms with van der Waals surface area (Å²) in [6.07, 6.45) is 2.30. The van der Waals surface area contributed by atoms with Gasteiger partial charge >= 0.3 is 0 Å². The van der Waals surface area contributed by atoms with Crippen molar-refractivity contribution >= 4 is 17.4 Å². The molecule has 0 aliphatic heterocycles.